The summed E-state index contributed by atoms with van der Waals surface area (Å²) in [7, 11) is 0. The first kappa shape index (κ1) is 11.4. The van der Waals surface area contributed by atoms with Crippen LogP contribution in [0.5, 0.6) is 0 Å². The average Bonchev–Trinajstić information content (AvgIpc) is 2.30. The number of aromatic nitrogens is 1. The zero-order chi connectivity index (χ0) is 11.2. The molecule has 0 bridgehead atoms. The van der Waals surface area contributed by atoms with E-state index >= 15 is 0 Å². The molecular weight excluding hydrogens is 204 g/mol. The summed E-state index contributed by atoms with van der Waals surface area (Å²) >= 11 is 0. The van der Waals surface area contributed by atoms with Crippen molar-refractivity contribution in [1.82, 2.24) is 4.98 Å². The predicted molar refractivity (Wildman–Crippen MR) is 61.9 cm³/mol. The van der Waals surface area contributed by atoms with Crippen LogP contribution in [0.3, 0.4) is 0 Å². The zero-order valence-corrected chi connectivity index (χ0v) is 9.39. The molecule has 0 aliphatic carbocycles. The minimum Gasteiger partial charge on any atom is -0.384 e. The van der Waals surface area contributed by atoms with Crippen molar-refractivity contribution in [3.63, 3.8) is 0 Å². The van der Waals surface area contributed by atoms with Gasteiger partial charge in [-0.1, -0.05) is 0 Å². The molecule has 1 aliphatic rings. The van der Waals surface area contributed by atoms with Crippen LogP contribution < -0.4 is 5.73 Å². The number of hydrogen-bond acceptors (Lipinski definition) is 4. The Labute approximate surface area is 95.8 Å². The Bertz CT molecular complexity index is 325. The molecule has 4 nitrogen and oxygen atoms in total. The molecule has 1 aromatic rings. The zero-order valence-electron chi connectivity index (χ0n) is 9.39. The lowest BCUT2D eigenvalue weighted by Crippen LogP contribution is -2.24. The van der Waals surface area contributed by atoms with E-state index in [9.17, 15) is 0 Å². The van der Waals surface area contributed by atoms with E-state index in [0.29, 0.717) is 19.0 Å². The highest BCUT2D eigenvalue weighted by molar-refractivity contribution is 5.31. The lowest BCUT2D eigenvalue weighted by Gasteiger charge is -2.22. The van der Waals surface area contributed by atoms with E-state index < -0.39 is 0 Å². The fourth-order valence-corrected chi connectivity index (χ4v) is 1.83. The van der Waals surface area contributed by atoms with Gasteiger partial charge in [-0.15, -0.1) is 0 Å². The normalized spacial score (nSPS) is 20.9. The van der Waals surface area contributed by atoms with Crippen LogP contribution in [0.1, 0.15) is 24.8 Å². The van der Waals surface area contributed by atoms with Gasteiger partial charge in [0.05, 0.1) is 19.3 Å². The van der Waals surface area contributed by atoms with E-state index in [1.54, 1.807) is 6.20 Å². The summed E-state index contributed by atoms with van der Waals surface area (Å²) in [6.45, 7) is 2.12. The maximum Gasteiger partial charge on any atom is 0.123 e. The van der Waals surface area contributed by atoms with Crippen molar-refractivity contribution in [2.24, 2.45) is 0 Å². The molecule has 0 amide bonds. The first-order chi connectivity index (χ1) is 7.84. The fraction of sp³-hybridized carbons (Fsp3) is 0.583. The summed E-state index contributed by atoms with van der Waals surface area (Å²) in [5, 5.41) is 0. The number of nitrogen functional groups attached to an aromatic ring is 1. The first-order valence-corrected chi connectivity index (χ1v) is 5.74. The van der Waals surface area contributed by atoms with Crippen LogP contribution in [-0.4, -0.2) is 24.3 Å². The van der Waals surface area contributed by atoms with Gasteiger partial charge in [-0.25, -0.2) is 4.98 Å². The minimum atomic E-state index is 0.271. The van der Waals surface area contributed by atoms with E-state index in [1.807, 2.05) is 12.1 Å². The molecule has 1 fully saturated rings. The molecular formula is C12H18N2O2. The van der Waals surface area contributed by atoms with Gasteiger partial charge in [0.2, 0.25) is 0 Å². The summed E-state index contributed by atoms with van der Waals surface area (Å²) in [5.74, 6) is 0.537. The van der Waals surface area contributed by atoms with Crippen LogP contribution in [0.15, 0.2) is 18.3 Å². The summed E-state index contributed by atoms with van der Waals surface area (Å²) in [5.41, 5.74) is 6.64. The van der Waals surface area contributed by atoms with Crippen molar-refractivity contribution < 1.29 is 9.47 Å². The first-order valence-electron chi connectivity index (χ1n) is 5.74. The molecule has 1 aromatic heterocycles. The topological polar surface area (TPSA) is 57.4 Å². The molecule has 1 unspecified atom stereocenters. The van der Waals surface area contributed by atoms with Crippen LogP contribution in [0, 0.1) is 0 Å². The number of hydrogen-bond donors (Lipinski definition) is 1. The Morgan fingerprint density at radius 3 is 3.19 bits per heavy atom. The molecule has 1 saturated heterocycles. The highest BCUT2D eigenvalue weighted by Crippen LogP contribution is 2.13. The second-order valence-electron chi connectivity index (χ2n) is 4.09. The Morgan fingerprint density at radius 2 is 2.44 bits per heavy atom. The molecule has 2 heterocycles. The van der Waals surface area contributed by atoms with Crippen LogP contribution in [-0.2, 0) is 16.1 Å². The van der Waals surface area contributed by atoms with Crippen LogP contribution >= 0.6 is 0 Å². The van der Waals surface area contributed by atoms with Gasteiger partial charge in [-0.2, -0.15) is 0 Å². The van der Waals surface area contributed by atoms with Gasteiger partial charge >= 0.3 is 0 Å². The summed E-state index contributed by atoms with van der Waals surface area (Å²) < 4.78 is 11.2. The van der Waals surface area contributed by atoms with E-state index in [1.165, 1.54) is 12.8 Å². The second kappa shape index (κ2) is 5.82. The summed E-state index contributed by atoms with van der Waals surface area (Å²) in [4.78, 5) is 3.94. The molecule has 1 atom stereocenters. The van der Waals surface area contributed by atoms with Gasteiger partial charge in [0.1, 0.15) is 5.82 Å². The van der Waals surface area contributed by atoms with Gasteiger partial charge < -0.3 is 15.2 Å². The van der Waals surface area contributed by atoms with Crippen molar-refractivity contribution in [1.29, 1.82) is 0 Å². The van der Waals surface area contributed by atoms with Crippen molar-refractivity contribution in [2.75, 3.05) is 18.9 Å². The highest BCUT2D eigenvalue weighted by atomic mass is 16.5. The van der Waals surface area contributed by atoms with Crippen LogP contribution in [0.2, 0.25) is 0 Å². The molecule has 0 saturated carbocycles. The lowest BCUT2D eigenvalue weighted by atomic mass is 10.1. The van der Waals surface area contributed by atoms with Gasteiger partial charge in [0, 0.05) is 12.8 Å². The summed E-state index contributed by atoms with van der Waals surface area (Å²) in [6, 6.07) is 3.75. The molecule has 16 heavy (non-hydrogen) atoms. The van der Waals surface area contributed by atoms with E-state index in [0.717, 1.165) is 18.6 Å². The van der Waals surface area contributed by atoms with Crippen LogP contribution in [0.4, 0.5) is 5.82 Å². The van der Waals surface area contributed by atoms with Crippen molar-refractivity contribution >= 4 is 5.82 Å². The third kappa shape index (κ3) is 3.47. The van der Waals surface area contributed by atoms with Gasteiger partial charge in [0.25, 0.3) is 0 Å². The standard InChI is InChI=1S/C12H18N2O2/c13-12-7-10(4-5-14-12)8-15-9-11-3-1-2-6-16-11/h4-5,7,11H,1-3,6,8-9H2,(H2,13,14). The van der Waals surface area contributed by atoms with Gasteiger partial charge in [-0.3, -0.25) is 0 Å². The largest absolute Gasteiger partial charge is 0.384 e. The molecule has 0 aromatic carbocycles. The van der Waals surface area contributed by atoms with Gasteiger partial charge in [-0.05, 0) is 37.0 Å². The number of pyridine rings is 1. The average molecular weight is 222 g/mol. The third-order valence-electron chi connectivity index (χ3n) is 2.69. The van der Waals surface area contributed by atoms with Crippen LogP contribution in [0.25, 0.3) is 0 Å². The van der Waals surface area contributed by atoms with Crippen molar-refractivity contribution in [3.05, 3.63) is 23.9 Å². The number of nitrogens with two attached hydrogens (primary N) is 1. The Balaban J connectivity index is 1.71. The maximum atomic E-state index is 5.61. The number of anilines is 1. The third-order valence-corrected chi connectivity index (χ3v) is 2.69. The number of nitrogens with zero attached hydrogens (tertiary/aromatic N) is 1. The molecule has 1 aliphatic heterocycles. The SMILES string of the molecule is Nc1cc(COCC2CCCCO2)ccn1. The fourth-order valence-electron chi connectivity index (χ4n) is 1.83. The number of rotatable bonds is 4. The molecule has 88 valence electrons. The van der Waals surface area contributed by atoms with Crippen molar-refractivity contribution in [2.45, 2.75) is 32.0 Å². The predicted octanol–water partition coefficient (Wildman–Crippen LogP) is 1.75. The van der Waals surface area contributed by atoms with E-state index in [4.69, 9.17) is 15.2 Å². The number of ether oxygens (including phenoxy) is 2. The highest BCUT2D eigenvalue weighted by Gasteiger charge is 2.13. The Hall–Kier alpha value is -1.13. The summed E-state index contributed by atoms with van der Waals surface area (Å²) in [6.07, 6.45) is 5.50. The minimum absolute atomic E-state index is 0.271. The van der Waals surface area contributed by atoms with Crippen molar-refractivity contribution in [3.8, 4) is 0 Å². The molecule has 2 rings (SSSR count). The molecule has 0 radical (unpaired) electrons. The molecule has 4 heteroatoms. The van der Waals surface area contributed by atoms with E-state index in [-0.39, 0.29) is 6.10 Å². The Kier molecular flexibility index (Phi) is 4.13. The van der Waals surface area contributed by atoms with E-state index in [2.05, 4.69) is 4.98 Å². The quantitative estimate of drug-likeness (QED) is 0.843. The Morgan fingerprint density at radius 1 is 1.50 bits per heavy atom. The lowest BCUT2D eigenvalue weighted by molar-refractivity contribution is -0.0447. The molecule has 0 spiro atoms. The second-order valence-corrected chi connectivity index (χ2v) is 4.09. The maximum absolute atomic E-state index is 5.61. The monoisotopic (exact) mass is 222 g/mol. The van der Waals surface area contributed by atoms with Gasteiger partial charge in [0.15, 0.2) is 0 Å². The smallest absolute Gasteiger partial charge is 0.123 e. The molecule has 2 N–H and O–H groups in total.